The number of hydrogen-bond donors (Lipinski definition) is 1. The van der Waals surface area contributed by atoms with E-state index in [1.54, 1.807) is 0 Å². The van der Waals surface area contributed by atoms with E-state index in [-0.39, 0.29) is 11.5 Å². The molecule has 1 aliphatic carbocycles. The minimum Gasteiger partial charge on any atom is -0.465 e. The van der Waals surface area contributed by atoms with Crippen molar-refractivity contribution in [2.75, 3.05) is 19.7 Å². The van der Waals surface area contributed by atoms with E-state index in [0.29, 0.717) is 6.61 Å². The molecule has 2 rings (SSSR count). The summed E-state index contributed by atoms with van der Waals surface area (Å²) in [7, 11) is 0. The minimum atomic E-state index is -0.469. The summed E-state index contributed by atoms with van der Waals surface area (Å²) in [4.78, 5) is 14.4. The molecule has 2 fully saturated rings. The number of nitrogens with zero attached hydrogens (tertiary/aromatic N) is 1. The smallest absolute Gasteiger partial charge is 0.324 e. The number of nitrogens with two attached hydrogens (primary N) is 1. The van der Waals surface area contributed by atoms with Gasteiger partial charge in [0.1, 0.15) is 6.04 Å². The summed E-state index contributed by atoms with van der Waals surface area (Å²) in [6, 6.07) is -0.469. The number of esters is 1. The van der Waals surface area contributed by atoms with Crippen molar-refractivity contribution in [1.82, 2.24) is 4.90 Å². The van der Waals surface area contributed by atoms with Crippen LogP contribution < -0.4 is 5.73 Å². The molecule has 0 spiro atoms. The molecule has 0 aromatic heterocycles. The topological polar surface area (TPSA) is 55.6 Å². The van der Waals surface area contributed by atoms with Crippen LogP contribution in [0.25, 0.3) is 0 Å². The van der Waals surface area contributed by atoms with E-state index in [0.717, 1.165) is 25.9 Å². The van der Waals surface area contributed by atoms with Crippen molar-refractivity contribution < 1.29 is 9.53 Å². The Balaban J connectivity index is 2.12. The Morgan fingerprint density at radius 1 is 1.29 bits per heavy atom. The first-order valence-corrected chi connectivity index (χ1v) is 6.88. The summed E-state index contributed by atoms with van der Waals surface area (Å²) in [5, 5.41) is 0. The molecule has 98 valence electrons. The van der Waals surface area contributed by atoms with Crippen LogP contribution in [0.5, 0.6) is 0 Å². The van der Waals surface area contributed by atoms with E-state index in [4.69, 9.17) is 10.5 Å². The van der Waals surface area contributed by atoms with Gasteiger partial charge in [0.05, 0.1) is 6.61 Å². The molecule has 1 heterocycles. The van der Waals surface area contributed by atoms with Crippen molar-refractivity contribution >= 4 is 5.97 Å². The van der Waals surface area contributed by atoms with Gasteiger partial charge in [-0.3, -0.25) is 9.69 Å². The lowest BCUT2D eigenvalue weighted by Gasteiger charge is -2.42. The lowest BCUT2D eigenvalue weighted by molar-refractivity contribution is -0.148. The molecule has 4 nitrogen and oxygen atoms in total. The first kappa shape index (κ1) is 12.8. The predicted molar refractivity (Wildman–Crippen MR) is 66.6 cm³/mol. The van der Waals surface area contributed by atoms with E-state index in [9.17, 15) is 4.79 Å². The number of rotatable bonds is 4. The van der Waals surface area contributed by atoms with Crippen molar-refractivity contribution in [3.8, 4) is 0 Å². The van der Waals surface area contributed by atoms with Crippen LogP contribution in [0.1, 0.15) is 45.4 Å². The largest absolute Gasteiger partial charge is 0.465 e. The third kappa shape index (κ3) is 2.33. The van der Waals surface area contributed by atoms with Crippen LogP contribution in [0.3, 0.4) is 0 Å². The zero-order chi connectivity index (χ0) is 12.3. The highest BCUT2D eigenvalue weighted by atomic mass is 16.5. The van der Waals surface area contributed by atoms with Crippen molar-refractivity contribution in [2.45, 2.75) is 57.0 Å². The van der Waals surface area contributed by atoms with Gasteiger partial charge in [-0.05, 0) is 45.7 Å². The standard InChI is InChI=1S/C13H24N2O2/c1-2-17-12(16)11(14)13(7-3-4-8-13)15-9-5-6-10-15/h11H,2-10,14H2,1H3. The molecule has 17 heavy (non-hydrogen) atoms. The normalized spacial score (nSPS) is 26.0. The molecule has 1 saturated heterocycles. The van der Waals surface area contributed by atoms with Crippen LogP contribution in [0.2, 0.25) is 0 Å². The Kier molecular flexibility index (Phi) is 4.05. The van der Waals surface area contributed by atoms with Gasteiger partial charge in [-0.1, -0.05) is 12.8 Å². The second-order valence-corrected chi connectivity index (χ2v) is 5.23. The molecule has 2 aliphatic rings. The molecule has 1 aliphatic heterocycles. The fourth-order valence-corrected chi connectivity index (χ4v) is 3.43. The quantitative estimate of drug-likeness (QED) is 0.752. The van der Waals surface area contributed by atoms with Gasteiger partial charge in [-0.25, -0.2) is 0 Å². The van der Waals surface area contributed by atoms with Gasteiger partial charge in [-0.15, -0.1) is 0 Å². The molecule has 1 unspecified atom stereocenters. The third-order valence-corrected chi connectivity index (χ3v) is 4.32. The van der Waals surface area contributed by atoms with Gasteiger partial charge >= 0.3 is 5.97 Å². The van der Waals surface area contributed by atoms with Crippen LogP contribution in [0.15, 0.2) is 0 Å². The molecule has 0 aromatic rings. The number of hydrogen-bond acceptors (Lipinski definition) is 4. The fourth-order valence-electron chi connectivity index (χ4n) is 3.43. The van der Waals surface area contributed by atoms with Gasteiger partial charge in [0.15, 0.2) is 0 Å². The maximum Gasteiger partial charge on any atom is 0.324 e. The summed E-state index contributed by atoms with van der Waals surface area (Å²) < 4.78 is 5.11. The molecule has 1 saturated carbocycles. The zero-order valence-corrected chi connectivity index (χ0v) is 10.8. The van der Waals surface area contributed by atoms with E-state index < -0.39 is 6.04 Å². The summed E-state index contributed by atoms with van der Waals surface area (Å²) >= 11 is 0. The van der Waals surface area contributed by atoms with Crippen molar-refractivity contribution in [2.24, 2.45) is 5.73 Å². The van der Waals surface area contributed by atoms with Crippen molar-refractivity contribution in [1.29, 1.82) is 0 Å². The Labute approximate surface area is 103 Å². The zero-order valence-electron chi connectivity index (χ0n) is 10.8. The van der Waals surface area contributed by atoms with Gasteiger partial charge in [0, 0.05) is 5.54 Å². The van der Waals surface area contributed by atoms with Crippen LogP contribution in [-0.4, -0.2) is 42.1 Å². The monoisotopic (exact) mass is 240 g/mol. The molecule has 4 heteroatoms. The van der Waals surface area contributed by atoms with E-state index >= 15 is 0 Å². The minimum absolute atomic E-state index is 0.108. The average molecular weight is 240 g/mol. The summed E-state index contributed by atoms with van der Waals surface area (Å²) in [5.41, 5.74) is 6.10. The Bertz CT molecular complexity index is 269. The molecule has 0 amide bonds. The Morgan fingerprint density at radius 3 is 2.41 bits per heavy atom. The van der Waals surface area contributed by atoms with Crippen LogP contribution >= 0.6 is 0 Å². The molecule has 1 atom stereocenters. The van der Waals surface area contributed by atoms with Crippen LogP contribution in [-0.2, 0) is 9.53 Å². The van der Waals surface area contributed by atoms with Crippen LogP contribution in [0.4, 0.5) is 0 Å². The number of carbonyl (C=O) groups excluding carboxylic acids is 1. The second kappa shape index (κ2) is 5.36. The fraction of sp³-hybridized carbons (Fsp3) is 0.923. The molecular weight excluding hydrogens is 216 g/mol. The molecule has 0 radical (unpaired) electrons. The maximum atomic E-state index is 11.9. The lowest BCUT2D eigenvalue weighted by atomic mass is 9.86. The average Bonchev–Trinajstić information content (AvgIpc) is 2.99. The second-order valence-electron chi connectivity index (χ2n) is 5.23. The van der Waals surface area contributed by atoms with Gasteiger partial charge in [-0.2, -0.15) is 0 Å². The summed E-state index contributed by atoms with van der Waals surface area (Å²) in [6.07, 6.45) is 6.93. The summed E-state index contributed by atoms with van der Waals surface area (Å²) in [6.45, 7) is 4.44. The number of ether oxygens (including phenoxy) is 1. The maximum absolute atomic E-state index is 11.9. The van der Waals surface area contributed by atoms with Gasteiger partial charge in [0.2, 0.25) is 0 Å². The first-order chi connectivity index (χ1) is 8.20. The number of likely N-dealkylation sites (tertiary alicyclic amines) is 1. The van der Waals surface area contributed by atoms with E-state index in [1.165, 1.54) is 25.7 Å². The highest BCUT2D eigenvalue weighted by Crippen LogP contribution is 2.39. The Hall–Kier alpha value is -0.610. The van der Waals surface area contributed by atoms with Crippen molar-refractivity contribution in [3.63, 3.8) is 0 Å². The highest BCUT2D eigenvalue weighted by molar-refractivity contribution is 5.77. The first-order valence-electron chi connectivity index (χ1n) is 6.88. The molecule has 2 N–H and O–H groups in total. The van der Waals surface area contributed by atoms with Gasteiger partial charge < -0.3 is 10.5 Å². The van der Waals surface area contributed by atoms with Crippen molar-refractivity contribution in [3.05, 3.63) is 0 Å². The molecule has 0 bridgehead atoms. The lowest BCUT2D eigenvalue weighted by Crippen LogP contribution is -2.61. The molecular formula is C13H24N2O2. The van der Waals surface area contributed by atoms with Crippen LogP contribution in [0, 0.1) is 0 Å². The predicted octanol–water partition coefficient (Wildman–Crippen LogP) is 1.29. The highest BCUT2D eigenvalue weighted by Gasteiger charge is 2.48. The third-order valence-electron chi connectivity index (χ3n) is 4.32. The SMILES string of the molecule is CCOC(=O)C(N)C1(N2CCCC2)CCCC1. The van der Waals surface area contributed by atoms with E-state index in [2.05, 4.69) is 4.90 Å². The van der Waals surface area contributed by atoms with E-state index in [1.807, 2.05) is 6.92 Å². The molecule has 0 aromatic carbocycles. The van der Waals surface area contributed by atoms with Gasteiger partial charge in [0.25, 0.3) is 0 Å². The summed E-state index contributed by atoms with van der Waals surface area (Å²) in [5.74, 6) is -0.221. The number of carbonyl (C=O) groups is 1. The Morgan fingerprint density at radius 2 is 1.88 bits per heavy atom.